The lowest BCUT2D eigenvalue weighted by Gasteiger charge is -2.36. The lowest BCUT2D eigenvalue weighted by molar-refractivity contribution is -0.138. The predicted octanol–water partition coefficient (Wildman–Crippen LogP) is 3.39. The Morgan fingerprint density at radius 3 is 2.76 bits per heavy atom. The van der Waals surface area contributed by atoms with Crippen LogP contribution in [0, 0.1) is 0 Å². The van der Waals surface area contributed by atoms with Crippen molar-refractivity contribution < 1.29 is 23.5 Å². The van der Waals surface area contributed by atoms with Gasteiger partial charge in [0.2, 0.25) is 5.89 Å². The molecule has 0 radical (unpaired) electrons. The molecule has 0 saturated carbocycles. The normalized spacial score (nSPS) is 16.6. The minimum absolute atomic E-state index is 0.0319. The van der Waals surface area contributed by atoms with E-state index in [9.17, 15) is 4.79 Å². The van der Waals surface area contributed by atoms with Crippen LogP contribution < -0.4 is 14.2 Å². The van der Waals surface area contributed by atoms with Crippen LogP contribution in [0.15, 0.2) is 47.0 Å². The quantitative estimate of drug-likeness (QED) is 0.546. The first-order chi connectivity index (χ1) is 15.9. The fourth-order valence-corrected chi connectivity index (χ4v) is 4.29. The molecule has 2 aliphatic rings. The topological polar surface area (TPSA) is 86.9 Å². The predicted molar refractivity (Wildman–Crippen MR) is 120 cm³/mol. The van der Waals surface area contributed by atoms with Crippen molar-refractivity contribution in [3.63, 3.8) is 0 Å². The van der Waals surface area contributed by atoms with Crippen LogP contribution in [0.2, 0.25) is 0 Å². The van der Waals surface area contributed by atoms with Crippen molar-refractivity contribution in [1.82, 2.24) is 15.0 Å². The molecule has 0 spiro atoms. The van der Waals surface area contributed by atoms with Gasteiger partial charge >= 0.3 is 0 Å². The summed E-state index contributed by atoms with van der Waals surface area (Å²) in [5.41, 5.74) is 1.84. The van der Waals surface area contributed by atoms with Gasteiger partial charge in [0, 0.05) is 37.1 Å². The molecule has 2 aliphatic heterocycles. The highest BCUT2D eigenvalue weighted by Crippen LogP contribution is 2.41. The number of aromatic nitrogens is 2. The van der Waals surface area contributed by atoms with E-state index < -0.39 is 0 Å². The Morgan fingerprint density at radius 1 is 1.15 bits per heavy atom. The molecule has 3 heterocycles. The van der Waals surface area contributed by atoms with Gasteiger partial charge in [-0.2, -0.15) is 4.98 Å². The molecule has 1 amide bonds. The molecule has 3 aromatic rings. The summed E-state index contributed by atoms with van der Waals surface area (Å²) in [5.74, 6) is 3.27. The second kappa shape index (κ2) is 8.42. The summed E-state index contributed by atoms with van der Waals surface area (Å²) in [7, 11) is 1.64. The molecule has 33 heavy (non-hydrogen) atoms. The van der Waals surface area contributed by atoms with Gasteiger partial charge in [-0.1, -0.05) is 35.5 Å². The lowest BCUT2D eigenvalue weighted by atomic mass is 10.00. The maximum Gasteiger partial charge on any atom is 0.260 e. The number of para-hydroxylation sites is 2. The molecule has 8 heteroatoms. The average molecular weight is 450 g/mol. The summed E-state index contributed by atoms with van der Waals surface area (Å²) in [5, 5.41) is 4.10. The van der Waals surface area contributed by atoms with E-state index in [2.05, 4.69) is 10.1 Å². The highest BCUT2D eigenvalue weighted by atomic mass is 16.5. The van der Waals surface area contributed by atoms with Crippen molar-refractivity contribution in [2.75, 3.05) is 26.8 Å². The number of fused-ring (bicyclic) bond motifs is 1. The minimum Gasteiger partial charge on any atom is -0.496 e. The molecule has 2 aromatic carbocycles. The molecule has 8 nitrogen and oxygen atoms in total. The van der Waals surface area contributed by atoms with Crippen molar-refractivity contribution >= 4 is 5.91 Å². The standard InChI is InChI=1S/C25H27N3O5/c1-25(2)12-17-8-6-10-20(23(17)32-25)31-15-22(29)28-13-18(14-28)24-26-21(27-33-24)11-16-7-4-5-9-19(16)30-3/h4-10,18H,11-15H2,1-3H3. The van der Waals surface area contributed by atoms with E-state index in [-0.39, 0.29) is 24.0 Å². The van der Waals surface area contributed by atoms with E-state index in [0.717, 1.165) is 29.0 Å². The lowest BCUT2D eigenvalue weighted by Crippen LogP contribution is -2.50. The Hall–Kier alpha value is -3.55. The van der Waals surface area contributed by atoms with E-state index in [1.807, 2.05) is 56.3 Å². The third kappa shape index (κ3) is 4.37. The maximum absolute atomic E-state index is 12.6. The summed E-state index contributed by atoms with van der Waals surface area (Å²) >= 11 is 0. The van der Waals surface area contributed by atoms with Crippen LogP contribution in [-0.4, -0.2) is 53.4 Å². The number of ether oxygens (including phenoxy) is 3. The highest BCUT2D eigenvalue weighted by Gasteiger charge is 2.36. The summed E-state index contributed by atoms with van der Waals surface area (Å²) in [6.45, 7) is 5.13. The molecule has 0 bridgehead atoms. The van der Waals surface area contributed by atoms with Crippen molar-refractivity contribution in [2.45, 2.75) is 38.2 Å². The number of carbonyl (C=O) groups excluding carboxylic acids is 1. The monoisotopic (exact) mass is 449 g/mol. The van der Waals surface area contributed by atoms with Crippen LogP contribution in [0.3, 0.4) is 0 Å². The molecule has 172 valence electrons. The van der Waals surface area contributed by atoms with Crippen LogP contribution in [0.1, 0.15) is 42.6 Å². The molecule has 1 aromatic heterocycles. The number of carbonyl (C=O) groups is 1. The van der Waals surface area contributed by atoms with E-state index in [1.165, 1.54) is 0 Å². The zero-order chi connectivity index (χ0) is 23.0. The Kier molecular flexibility index (Phi) is 5.44. The van der Waals surface area contributed by atoms with Gasteiger partial charge in [-0.05, 0) is 26.0 Å². The van der Waals surface area contributed by atoms with Crippen molar-refractivity contribution in [3.8, 4) is 17.2 Å². The molecule has 1 fully saturated rings. The number of nitrogens with zero attached hydrogens (tertiary/aromatic N) is 3. The summed E-state index contributed by atoms with van der Waals surface area (Å²) in [6, 6.07) is 13.6. The molecule has 0 N–H and O–H groups in total. The number of rotatable bonds is 7. The highest BCUT2D eigenvalue weighted by molar-refractivity contribution is 5.79. The molecule has 0 aliphatic carbocycles. The van der Waals surface area contributed by atoms with Crippen LogP contribution in [0.5, 0.6) is 17.2 Å². The Balaban J connectivity index is 1.14. The zero-order valence-corrected chi connectivity index (χ0v) is 19.0. The van der Waals surface area contributed by atoms with Crippen LogP contribution in [0.25, 0.3) is 0 Å². The number of hydrogen-bond donors (Lipinski definition) is 0. The van der Waals surface area contributed by atoms with E-state index in [0.29, 0.717) is 37.0 Å². The number of hydrogen-bond acceptors (Lipinski definition) is 7. The van der Waals surface area contributed by atoms with Gasteiger partial charge in [0.05, 0.1) is 13.0 Å². The first-order valence-electron chi connectivity index (χ1n) is 11.1. The van der Waals surface area contributed by atoms with E-state index in [1.54, 1.807) is 12.0 Å². The van der Waals surface area contributed by atoms with Gasteiger partial charge in [-0.25, -0.2) is 0 Å². The summed E-state index contributed by atoms with van der Waals surface area (Å²) in [4.78, 5) is 18.9. The van der Waals surface area contributed by atoms with Crippen LogP contribution >= 0.6 is 0 Å². The summed E-state index contributed by atoms with van der Waals surface area (Å²) < 4.78 is 22.7. The third-order valence-corrected chi connectivity index (χ3v) is 6.01. The van der Waals surface area contributed by atoms with Gasteiger partial charge in [0.15, 0.2) is 23.9 Å². The first-order valence-corrected chi connectivity index (χ1v) is 11.1. The smallest absolute Gasteiger partial charge is 0.260 e. The van der Waals surface area contributed by atoms with Crippen molar-refractivity contribution in [3.05, 3.63) is 65.3 Å². The SMILES string of the molecule is COc1ccccc1Cc1noc(C2CN(C(=O)COc3cccc4c3OC(C)(C)C4)C2)n1. The van der Waals surface area contributed by atoms with Crippen LogP contribution in [-0.2, 0) is 17.6 Å². The van der Waals surface area contributed by atoms with Gasteiger partial charge in [-0.3, -0.25) is 4.79 Å². The fraction of sp³-hybridized carbons (Fsp3) is 0.400. The Morgan fingerprint density at radius 2 is 1.94 bits per heavy atom. The third-order valence-electron chi connectivity index (χ3n) is 6.01. The molecule has 5 rings (SSSR count). The molecular weight excluding hydrogens is 422 g/mol. The van der Waals surface area contributed by atoms with Gasteiger partial charge < -0.3 is 23.6 Å². The molecule has 0 atom stereocenters. The Labute approximate surface area is 192 Å². The Bertz CT molecular complexity index is 1170. The molecule has 1 saturated heterocycles. The van der Waals surface area contributed by atoms with Gasteiger partial charge in [0.1, 0.15) is 11.4 Å². The number of amides is 1. The minimum atomic E-state index is -0.259. The van der Waals surface area contributed by atoms with Gasteiger partial charge in [-0.15, -0.1) is 0 Å². The first kappa shape index (κ1) is 21.3. The van der Waals surface area contributed by atoms with E-state index >= 15 is 0 Å². The molecular formula is C25H27N3O5. The molecule has 0 unspecified atom stereocenters. The number of benzene rings is 2. The second-order valence-electron chi connectivity index (χ2n) is 9.10. The number of methoxy groups -OCH3 is 1. The number of likely N-dealkylation sites (tertiary alicyclic amines) is 1. The average Bonchev–Trinajstić information content (AvgIpc) is 3.34. The zero-order valence-electron chi connectivity index (χ0n) is 19.0. The largest absolute Gasteiger partial charge is 0.496 e. The maximum atomic E-state index is 12.6. The summed E-state index contributed by atoms with van der Waals surface area (Å²) in [6.07, 6.45) is 1.35. The second-order valence-corrected chi connectivity index (χ2v) is 9.10. The fourth-order valence-electron chi connectivity index (χ4n) is 4.29. The van der Waals surface area contributed by atoms with Crippen LogP contribution in [0.4, 0.5) is 0 Å². The van der Waals surface area contributed by atoms with Gasteiger partial charge in [0.25, 0.3) is 5.91 Å². The van der Waals surface area contributed by atoms with E-state index in [4.69, 9.17) is 18.7 Å². The van der Waals surface area contributed by atoms with Crippen molar-refractivity contribution in [1.29, 1.82) is 0 Å². The van der Waals surface area contributed by atoms with Crippen molar-refractivity contribution in [2.24, 2.45) is 0 Å².